The van der Waals surface area contributed by atoms with Crippen LogP contribution in [0.1, 0.15) is 40.9 Å². The highest BCUT2D eigenvalue weighted by molar-refractivity contribution is 6.13. The van der Waals surface area contributed by atoms with Crippen molar-refractivity contribution in [2.75, 3.05) is 0 Å². The molecule has 2 aromatic rings. The van der Waals surface area contributed by atoms with E-state index in [-0.39, 0.29) is 11.7 Å². The minimum Gasteiger partial charge on any atom is -0.289 e. The molecule has 1 heteroatoms. The van der Waals surface area contributed by atoms with Crippen LogP contribution in [0.4, 0.5) is 0 Å². The monoisotopic (exact) mass is 312 g/mol. The molecule has 0 bridgehead atoms. The number of benzene rings is 2. The van der Waals surface area contributed by atoms with E-state index >= 15 is 0 Å². The molecule has 2 unspecified atom stereocenters. The minimum atomic E-state index is 0.236. The SMILES string of the molecule is CC1C2=C(c3ccccc3C2)C(C)C2=C1C(=O)c1ccccc1C2. The van der Waals surface area contributed by atoms with Crippen molar-refractivity contribution in [3.63, 3.8) is 0 Å². The Morgan fingerprint density at radius 1 is 0.708 bits per heavy atom. The van der Waals surface area contributed by atoms with Crippen LogP contribution in [0.5, 0.6) is 0 Å². The van der Waals surface area contributed by atoms with Gasteiger partial charge in [-0.25, -0.2) is 0 Å². The first-order chi connectivity index (χ1) is 11.7. The number of ketones is 1. The summed E-state index contributed by atoms with van der Waals surface area (Å²) in [4.78, 5) is 13.2. The summed E-state index contributed by atoms with van der Waals surface area (Å²) in [6, 6.07) is 16.9. The van der Waals surface area contributed by atoms with E-state index in [1.54, 1.807) is 0 Å². The Bertz CT molecular complexity index is 958. The van der Waals surface area contributed by atoms with Gasteiger partial charge in [0, 0.05) is 23.0 Å². The average Bonchev–Trinajstić information content (AvgIpc) is 3.00. The summed E-state index contributed by atoms with van der Waals surface area (Å²) in [5, 5.41) is 0. The molecule has 24 heavy (non-hydrogen) atoms. The molecule has 0 fully saturated rings. The molecule has 118 valence electrons. The molecule has 1 nitrogen and oxygen atoms in total. The molecule has 0 saturated carbocycles. The van der Waals surface area contributed by atoms with Crippen LogP contribution in [0, 0.1) is 11.8 Å². The molecular weight excluding hydrogens is 292 g/mol. The van der Waals surface area contributed by atoms with Gasteiger partial charge in [0.25, 0.3) is 0 Å². The second-order valence-electron chi connectivity index (χ2n) is 7.32. The molecule has 2 atom stereocenters. The molecular formula is C23H20O. The lowest BCUT2D eigenvalue weighted by Crippen LogP contribution is -2.28. The third-order valence-corrected chi connectivity index (χ3v) is 6.18. The average molecular weight is 312 g/mol. The van der Waals surface area contributed by atoms with Gasteiger partial charge >= 0.3 is 0 Å². The van der Waals surface area contributed by atoms with E-state index in [2.05, 4.69) is 44.2 Å². The van der Waals surface area contributed by atoms with Crippen molar-refractivity contribution in [3.8, 4) is 0 Å². The molecule has 0 saturated heterocycles. The topological polar surface area (TPSA) is 17.1 Å². The van der Waals surface area contributed by atoms with Gasteiger partial charge in [-0.3, -0.25) is 4.79 Å². The van der Waals surface area contributed by atoms with Gasteiger partial charge < -0.3 is 0 Å². The Labute approximate surface area is 142 Å². The van der Waals surface area contributed by atoms with Crippen molar-refractivity contribution in [2.45, 2.75) is 26.7 Å². The number of carbonyl (C=O) groups excluding carboxylic acids is 1. The first-order valence-corrected chi connectivity index (χ1v) is 8.83. The Hall–Kier alpha value is -2.41. The molecule has 3 aliphatic carbocycles. The largest absolute Gasteiger partial charge is 0.289 e. The number of allylic oxidation sites excluding steroid dienone is 4. The number of fused-ring (bicyclic) bond motifs is 3. The van der Waals surface area contributed by atoms with Gasteiger partial charge in [-0.2, -0.15) is 0 Å². The quantitative estimate of drug-likeness (QED) is 0.667. The highest BCUT2D eigenvalue weighted by Crippen LogP contribution is 2.51. The van der Waals surface area contributed by atoms with E-state index in [9.17, 15) is 4.79 Å². The Morgan fingerprint density at radius 2 is 1.21 bits per heavy atom. The number of rotatable bonds is 0. The number of Topliss-reactive ketones (excluding diaryl/α,β-unsaturated/α-hetero) is 1. The van der Waals surface area contributed by atoms with Gasteiger partial charge in [-0.1, -0.05) is 73.5 Å². The van der Waals surface area contributed by atoms with Crippen molar-refractivity contribution < 1.29 is 4.79 Å². The zero-order valence-corrected chi connectivity index (χ0v) is 14.1. The van der Waals surface area contributed by atoms with Crippen LogP contribution < -0.4 is 0 Å². The van der Waals surface area contributed by atoms with E-state index in [0.29, 0.717) is 5.92 Å². The van der Waals surface area contributed by atoms with E-state index in [4.69, 9.17) is 0 Å². The maximum Gasteiger partial charge on any atom is 0.189 e. The first-order valence-electron chi connectivity index (χ1n) is 8.83. The Morgan fingerprint density at radius 3 is 1.92 bits per heavy atom. The summed E-state index contributed by atoms with van der Waals surface area (Å²) < 4.78 is 0. The third kappa shape index (κ3) is 1.67. The summed E-state index contributed by atoms with van der Waals surface area (Å²) in [6.07, 6.45) is 1.92. The summed E-state index contributed by atoms with van der Waals surface area (Å²) in [6.45, 7) is 4.52. The number of hydrogen-bond acceptors (Lipinski definition) is 1. The van der Waals surface area contributed by atoms with Crippen molar-refractivity contribution in [2.24, 2.45) is 11.8 Å². The van der Waals surface area contributed by atoms with E-state index in [0.717, 1.165) is 24.0 Å². The lowest BCUT2D eigenvalue weighted by Gasteiger charge is -2.36. The normalized spacial score (nSPS) is 24.5. The van der Waals surface area contributed by atoms with Crippen molar-refractivity contribution in [1.82, 2.24) is 0 Å². The molecule has 0 aliphatic heterocycles. The predicted molar refractivity (Wildman–Crippen MR) is 96.9 cm³/mol. The fourth-order valence-electron chi connectivity index (χ4n) is 5.01. The highest BCUT2D eigenvalue weighted by Gasteiger charge is 2.41. The second kappa shape index (κ2) is 4.80. The maximum absolute atomic E-state index is 13.2. The van der Waals surface area contributed by atoms with Crippen LogP contribution in [0.2, 0.25) is 0 Å². The highest BCUT2D eigenvalue weighted by atomic mass is 16.1. The fourth-order valence-corrected chi connectivity index (χ4v) is 5.01. The zero-order chi connectivity index (χ0) is 16.4. The van der Waals surface area contributed by atoms with Crippen molar-refractivity contribution in [3.05, 3.63) is 87.5 Å². The summed E-state index contributed by atoms with van der Waals surface area (Å²) in [7, 11) is 0. The first kappa shape index (κ1) is 14.0. The molecule has 0 radical (unpaired) electrons. The van der Waals surface area contributed by atoms with Gasteiger partial charge in [0.1, 0.15) is 0 Å². The van der Waals surface area contributed by atoms with E-state index in [1.165, 1.54) is 33.4 Å². The number of hydrogen-bond donors (Lipinski definition) is 0. The van der Waals surface area contributed by atoms with E-state index < -0.39 is 0 Å². The van der Waals surface area contributed by atoms with Crippen LogP contribution in [0.3, 0.4) is 0 Å². The molecule has 3 aliphatic rings. The predicted octanol–water partition coefficient (Wildman–Crippen LogP) is 5.02. The van der Waals surface area contributed by atoms with Gasteiger partial charge in [-0.15, -0.1) is 0 Å². The van der Waals surface area contributed by atoms with Crippen LogP contribution in [0.25, 0.3) is 5.57 Å². The van der Waals surface area contributed by atoms with Crippen molar-refractivity contribution in [1.29, 1.82) is 0 Å². The molecule has 0 N–H and O–H groups in total. The van der Waals surface area contributed by atoms with Crippen molar-refractivity contribution >= 4 is 11.4 Å². The standard InChI is InChI=1S/C23H20O/c1-13-20-12-16-8-4-6-10-18(16)23(24)22(20)14(2)19-11-15-7-3-5-9-17(15)21(13)19/h3-10,13-14H,11-12H2,1-2H3. The van der Waals surface area contributed by atoms with Gasteiger partial charge in [0.15, 0.2) is 5.78 Å². The third-order valence-electron chi connectivity index (χ3n) is 6.18. The summed E-state index contributed by atoms with van der Waals surface area (Å²) in [5.74, 6) is 0.834. The van der Waals surface area contributed by atoms with Crippen LogP contribution in [-0.4, -0.2) is 5.78 Å². The lowest BCUT2D eigenvalue weighted by molar-refractivity contribution is 0.102. The second-order valence-corrected chi connectivity index (χ2v) is 7.32. The minimum absolute atomic E-state index is 0.236. The molecule has 0 amide bonds. The molecule has 0 spiro atoms. The summed E-state index contributed by atoms with van der Waals surface area (Å²) >= 11 is 0. The smallest absolute Gasteiger partial charge is 0.189 e. The van der Waals surface area contributed by atoms with Crippen LogP contribution in [-0.2, 0) is 12.8 Å². The van der Waals surface area contributed by atoms with Crippen LogP contribution in [0.15, 0.2) is 65.3 Å². The molecule has 2 aromatic carbocycles. The summed E-state index contributed by atoms with van der Waals surface area (Å²) in [5.41, 5.74) is 10.3. The molecule has 0 aromatic heterocycles. The molecule has 5 rings (SSSR count). The Kier molecular flexibility index (Phi) is 2.79. The van der Waals surface area contributed by atoms with E-state index in [1.807, 2.05) is 18.2 Å². The maximum atomic E-state index is 13.2. The van der Waals surface area contributed by atoms with Gasteiger partial charge in [0.05, 0.1) is 0 Å². The lowest BCUT2D eigenvalue weighted by atomic mass is 9.67. The van der Waals surface area contributed by atoms with Gasteiger partial charge in [0.2, 0.25) is 0 Å². The van der Waals surface area contributed by atoms with Gasteiger partial charge in [-0.05, 0) is 35.1 Å². The zero-order valence-electron chi connectivity index (χ0n) is 14.1. The van der Waals surface area contributed by atoms with Crippen LogP contribution >= 0.6 is 0 Å². The molecule has 0 heterocycles. The Balaban J connectivity index is 1.68. The fraction of sp³-hybridized carbons (Fsp3) is 0.261. The number of carbonyl (C=O) groups is 1.